The first-order valence-corrected chi connectivity index (χ1v) is 6.18. The van der Waals surface area contributed by atoms with Gasteiger partial charge in [0.05, 0.1) is 18.1 Å². The molecule has 0 fully saturated rings. The molecule has 0 unspecified atom stereocenters. The van der Waals surface area contributed by atoms with E-state index in [2.05, 4.69) is 15.3 Å². The molecule has 0 saturated heterocycles. The Hall–Kier alpha value is -2.74. The summed E-state index contributed by atoms with van der Waals surface area (Å²) >= 11 is 0. The summed E-state index contributed by atoms with van der Waals surface area (Å²) < 4.78 is 0. The molecule has 2 rings (SSSR count). The van der Waals surface area contributed by atoms with Gasteiger partial charge in [0.1, 0.15) is 0 Å². The maximum Gasteiger partial charge on any atom is 0.231 e. The molecule has 0 bridgehead atoms. The summed E-state index contributed by atoms with van der Waals surface area (Å²) in [6, 6.07) is 10.8. The van der Waals surface area contributed by atoms with Gasteiger partial charge in [0, 0.05) is 11.4 Å². The van der Waals surface area contributed by atoms with Gasteiger partial charge < -0.3 is 0 Å². The largest absolute Gasteiger partial charge is 0.294 e. The van der Waals surface area contributed by atoms with E-state index in [0.29, 0.717) is 11.5 Å². The maximum absolute atomic E-state index is 11.9. The second kappa shape index (κ2) is 5.93. The molecule has 1 aromatic carbocycles. The van der Waals surface area contributed by atoms with Gasteiger partial charge in [-0.25, -0.2) is 9.97 Å². The molecule has 0 radical (unpaired) electrons. The van der Waals surface area contributed by atoms with Gasteiger partial charge in [-0.05, 0) is 37.6 Å². The van der Waals surface area contributed by atoms with Crippen LogP contribution in [0.25, 0.3) is 0 Å². The predicted molar refractivity (Wildman–Crippen MR) is 75.0 cm³/mol. The Morgan fingerprint density at radius 2 is 1.80 bits per heavy atom. The number of anilines is 1. The molecule has 100 valence electrons. The molecule has 1 aromatic heterocycles. The summed E-state index contributed by atoms with van der Waals surface area (Å²) in [5.74, 6) is 0.140. The number of aromatic nitrogens is 2. The average molecular weight is 266 g/mol. The molecule has 0 spiro atoms. The fraction of sp³-hybridized carbons (Fsp3) is 0.200. The molecular formula is C15H14N4O. The number of rotatable bonds is 3. The summed E-state index contributed by atoms with van der Waals surface area (Å²) in [7, 11) is 0. The standard InChI is InChI=1S/C15H14N4O/c1-10-7-11(2)18-15(17-10)19-14(20)8-12-3-5-13(9-16)6-4-12/h3-7H,8H2,1-2H3,(H,17,18,19,20). The van der Waals surface area contributed by atoms with E-state index in [9.17, 15) is 4.79 Å². The number of amides is 1. The molecular weight excluding hydrogens is 252 g/mol. The lowest BCUT2D eigenvalue weighted by Gasteiger charge is -2.05. The minimum atomic E-state index is -0.181. The highest BCUT2D eigenvalue weighted by Crippen LogP contribution is 2.07. The van der Waals surface area contributed by atoms with Crippen LogP contribution >= 0.6 is 0 Å². The van der Waals surface area contributed by atoms with Crippen LogP contribution in [0.1, 0.15) is 22.5 Å². The van der Waals surface area contributed by atoms with Crippen molar-refractivity contribution in [1.29, 1.82) is 5.26 Å². The van der Waals surface area contributed by atoms with E-state index in [1.807, 2.05) is 26.0 Å². The monoisotopic (exact) mass is 266 g/mol. The zero-order valence-corrected chi connectivity index (χ0v) is 11.3. The third kappa shape index (κ3) is 3.62. The molecule has 1 heterocycles. The number of carbonyl (C=O) groups is 1. The topological polar surface area (TPSA) is 78.7 Å². The first-order chi connectivity index (χ1) is 9.56. The number of nitriles is 1. The Morgan fingerprint density at radius 1 is 1.20 bits per heavy atom. The molecule has 5 nitrogen and oxygen atoms in total. The van der Waals surface area contributed by atoms with E-state index in [1.54, 1.807) is 24.3 Å². The lowest BCUT2D eigenvalue weighted by atomic mass is 10.1. The van der Waals surface area contributed by atoms with Crippen molar-refractivity contribution in [2.75, 3.05) is 5.32 Å². The summed E-state index contributed by atoms with van der Waals surface area (Å²) in [6.45, 7) is 3.70. The zero-order chi connectivity index (χ0) is 14.5. The van der Waals surface area contributed by atoms with E-state index in [1.165, 1.54) is 0 Å². The molecule has 2 aromatic rings. The van der Waals surface area contributed by atoms with Gasteiger partial charge >= 0.3 is 0 Å². The molecule has 0 aliphatic rings. The van der Waals surface area contributed by atoms with Crippen LogP contribution in [0.4, 0.5) is 5.95 Å². The van der Waals surface area contributed by atoms with Gasteiger partial charge in [-0.15, -0.1) is 0 Å². The Labute approximate surface area is 117 Å². The van der Waals surface area contributed by atoms with Crippen LogP contribution in [0.3, 0.4) is 0 Å². The Kier molecular flexibility index (Phi) is 4.06. The summed E-state index contributed by atoms with van der Waals surface area (Å²) in [5.41, 5.74) is 3.04. The van der Waals surface area contributed by atoms with Gasteiger partial charge in [-0.1, -0.05) is 12.1 Å². The third-order valence-corrected chi connectivity index (χ3v) is 2.68. The number of hydrogen-bond acceptors (Lipinski definition) is 4. The fourth-order valence-electron chi connectivity index (χ4n) is 1.83. The van der Waals surface area contributed by atoms with Crippen molar-refractivity contribution in [3.05, 3.63) is 52.8 Å². The molecule has 20 heavy (non-hydrogen) atoms. The highest BCUT2D eigenvalue weighted by atomic mass is 16.1. The number of hydrogen-bond donors (Lipinski definition) is 1. The molecule has 0 aliphatic heterocycles. The van der Waals surface area contributed by atoms with Gasteiger partial charge in [0.25, 0.3) is 0 Å². The van der Waals surface area contributed by atoms with E-state index in [-0.39, 0.29) is 12.3 Å². The summed E-state index contributed by atoms with van der Waals surface area (Å²) in [6.07, 6.45) is 0.224. The van der Waals surface area contributed by atoms with E-state index < -0.39 is 0 Å². The smallest absolute Gasteiger partial charge is 0.231 e. The molecule has 0 aliphatic carbocycles. The van der Waals surface area contributed by atoms with Crippen LogP contribution in [0.2, 0.25) is 0 Å². The zero-order valence-electron chi connectivity index (χ0n) is 11.3. The Balaban J connectivity index is 2.03. The Bertz CT molecular complexity index is 651. The fourth-order valence-corrected chi connectivity index (χ4v) is 1.83. The SMILES string of the molecule is Cc1cc(C)nc(NC(=O)Cc2ccc(C#N)cc2)n1. The highest BCUT2D eigenvalue weighted by Gasteiger charge is 2.07. The molecule has 5 heteroatoms. The minimum Gasteiger partial charge on any atom is -0.294 e. The first kappa shape index (κ1) is 13.7. The van der Waals surface area contributed by atoms with Crippen molar-refractivity contribution in [3.63, 3.8) is 0 Å². The summed E-state index contributed by atoms with van der Waals surface area (Å²) in [4.78, 5) is 20.2. The van der Waals surface area contributed by atoms with Crippen molar-refractivity contribution >= 4 is 11.9 Å². The second-order valence-corrected chi connectivity index (χ2v) is 4.51. The second-order valence-electron chi connectivity index (χ2n) is 4.51. The van der Waals surface area contributed by atoms with Crippen LogP contribution in [0, 0.1) is 25.2 Å². The van der Waals surface area contributed by atoms with E-state index >= 15 is 0 Å². The quantitative estimate of drug-likeness (QED) is 0.923. The number of benzene rings is 1. The number of nitrogens with one attached hydrogen (secondary N) is 1. The average Bonchev–Trinajstić information content (AvgIpc) is 2.38. The van der Waals surface area contributed by atoms with Crippen LogP contribution < -0.4 is 5.32 Å². The van der Waals surface area contributed by atoms with Gasteiger partial charge in [-0.2, -0.15) is 5.26 Å². The lowest BCUT2D eigenvalue weighted by molar-refractivity contribution is -0.115. The highest BCUT2D eigenvalue weighted by molar-refractivity contribution is 5.90. The maximum atomic E-state index is 11.9. The minimum absolute atomic E-state index is 0.181. The van der Waals surface area contributed by atoms with Crippen LogP contribution in [-0.2, 0) is 11.2 Å². The van der Waals surface area contributed by atoms with Crippen molar-refractivity contribution in [1.82, 2.24) is 9.97 Å². The van der Waals surface area contributed by atoms with E-state index in [0.717, 1.165) is 17.0 Å². The molecule has 1 N–H and O–H groups in total. The summed E-state index contributed by atoms with van der Waals surface area (Å²) in [5, 5.41) is 11.4. The predicted octanol–water partition coefficient (Wildman–Crippen LogP) is 2.15. The number of aryl methyl sites for hydroxylation is 2. The Morgan fingerprint density at radius 3 is 2.35 bits per heavy atom. The first-order valence-electron chi connectivity index (χ1n) is 6.18. The van der Waals surface area contributed by atoms with Gasteiger partial charge in [-0.3, -0.25) is 10.1 Å². The van der Waals surface area contributed by atoms with E-state index in [4.69, 9.17) is 5.26 Å². The molecule has 1 amide bonds. The third-order valence-electron chi connectivity index (χ3n) is 2.68. The van der Waals surface area contributed by atoms with Gasteiger partial charge in [0.2, 0.25) is 11.9 Å². The lowest BCUT2D eigenvalue weighted by Crippen LogP contribution is -2.17. The van der Waals surface area contributed by atoms with Crippen molar-refractivity contribution < 1.29 is 4.79 Å². The van der Waals surface area contributed by atoms with Crippen LogP contribution in [0.15, 0.2) is 30.3 Å². The van der Waals surface area contributed by atoms with Crippen LogP contribution in [0.5, 0.6) is 0 Å². The van der Waals surface area contributed by atoms with Crippen LogP contribution in [-0.4, -0.2) is 15.9 Å². The van der Waals surface area contributed by atoms with Crippen molar-refractivity contribution in [3.8, 4) is 6.07 Å². The normalized spacial score (nSPS) is 9.85. The number of carbonyl (C=O) groups excluding carboxylic acids is 1. The number of nitrogens with zero attached hydrogens (tertiary/aromatic N) is 3. The molecule has 0 atom stereocenters. The van der Waals surface area contributed by atoms with Crippen molar-refractivity contribution in [2.45, 2.75) is 20.3 Å². The van der Waals surface area contributed by atoms with Crippen molar-refractivity contribution in [2.24, 2.45) is 0 Å². The van der Waals surface area contributed by atoms with Gasteiger partial charge in [0.15, 0.2) is 0 Å². The molecule has 0 saturated carbocycles.